The van der Waals surface area contributed by atoms with E-state index in [1.807, 2.05) is 4.90 Å². The average molecular weight is 436 g/mol. The topological polar surface area (TPSA) is 29.5 Å². The molecule has 0 N–H and O–H groups in total. The molecule has 2 bridgehead atoms. The van der Waals surface area contributed by atoms with Crippen LogP contribution in [0.25, 0.3) is 16.7 Å². The number of hydrogen-bond donors (Lipinski definition) is 0. The Morgan fingerprint density at radius 3 is 2.24 bits per heavy atom. The molecule has 2 heterocycles. The molecule has 2 unspecified atom stereocenters. The van der Waals surface area contributed by atoms with Crippen LogP contribution in [-0.2, 0) is 4.74 Å². The van der Waals surface area contributed by atoms with Gasteiger partial charge in [-0.15, -0.1) is 0 Å². The third kappa shape index (κ3) is 3.56. The van der Waals surface area contributed by atoms with E-state index >= 15 is 0 Å². The van der Waals surface area contributed by atoms with Crippen LogP contribution >= 0.6 is 0 Å². The largest absolute Gasteiger partial charge is 0.448 e. The SMILES string of the molecule is Cc1ccc(C2=CC3CCCC(C2)N3C(=O)OCC2c3ccccc3-c3ccccc32)cc1. The number of amides is 1. The summed E-state index contributed by atoms with van der Waals surface area (Å²) in [6.45, 7) is 2.50. The van der Waals surface area contributed by atoms with E-state index in [2.05, 4.69) is 85.8 Å². The minimum Gasteiger partial charge on any atom is -0.448 e. The number of nitrogens with zero attached hydrogens (tertiary/aromatic N) is 1. The van der Waals surface area contributed by atoms with Crippen molar-refractivity contribution >= 4 is 11.7 Å². The lowest BCUT2D eigenvalue weighted by atomic mass is 9.83. The Hall–Kier alpha value is -3.33. The maximum absolute atomic E-state index is 13.4. The number of ether oxygens (including phenoxy) is 1. The van der Waals surface area contributed by atoms with E-state index in [4.69, 9.17) is 4.74 Å². The second-order valence-corrected chi connectivity index (χ2v) is 9.63. The van der Waals surface area contributed by atoms with Crippen molar-refractivity contribution in [3.8, 4) is 11.1 Å². The Morgan fingerprint density at radius 2 is 1.58 bits per heavy atom. The van der Waals surface area contributed by atoms with Crippen LogP contribution in [0.4, 0.5) is 4.79 Å². The van der Waals surface area contributed by atoms with Gasteiger partial charge in [0.2, 0.25) is 0 Å². The molecule has 1 saturated heterocycles. The maximum Gasteiger partial charge on any atom is 0.410 e. The molecule has 3 heteroatoms. The van der Waals surface area contributed by atoms with Gasteiger partial charge in [-0.1, -0.05) is 84.4 Å². The molecule has 0 saturated carbocycles. The highest BCUT2D eigenvalue weighted by molar-refractivity contribution is 5.79. The van der Waals surface area contributed by atoms with Gasteiger partial charge in [-0.3, -0.25) is 4.90 Å². The third-order valence-electron chi connectivity index (χ3n) is 7.61. The molecular formula is C30H29NO2. The molecule has 3 aromatic carbocycles. The van der Waals surface area contributed by atoms with Crippen molar-refractivity contribution in [2.24, 2.45) is 0 Å². The van der Waals surface area contributed by atoms with Crippen LogP contribution in [0.15, 0.2) is 78.9 Å². The Balaban J connectivity index is 1.22. The van der Waals surface area contributed by atoms with Crippen molar-refractivity contribution < 1.29 is 9.53 Å². The Bertz CT molecular complexity index is 1180. The van der Waals surface area contributed by atoms with Crippen LogP contribution in [0.2, 0.25) is 0 Å². The van der Waals surface area contributed by atoms with Gasteiger partial charge in [0.05, 0.1) is 6.04 Å². The average Bonchev–Trinajstić information content (AvgIpc) is 3.16. The van der Waals surface area contributed by atoms with Crippen LogP contribution in [0.3, 0.4) is 0 Å². The Morgan fingerprint density at radius 1 is 0.909 bits per heavy atom. The first-order valence-electron chi connectivity index (χ1n) is 12.1. The second-order valence-electron chi connectivity index (χ2n) is 9.63. The van der Waals surface area contributed by atoms with E-state index in [0.717, 1.165) is 19.3 Å². The normalized spacial score (nSPS) is 21.2. The first kappa shape index (κ1) is 20.3. The van der Waals surface area contributed by atoms with E-state index < -0.39 is 0 Å². The third-order valence-corrected chi connectivity index (χ3v) is 7.61. The summed E-state index contributed by atoms with van der Waals surface area (Å²) >= 11 is 0. The predicted octanol–water partition coefficient (Wildman–Crippen LogP) is 6.95. The number of piperidine rings is 1. The zero-order chi connectivity index (χ0) is 22.4. The van der Waals surface area contributed by atoms with E-state index in [1.54, 1.807) is 0 Å². The monoisotopic (exact) mass is 435 g/mol. The van der Waals surface area contributed by atoms with Gasteiger partial charge in [0.1, 0.15) is 6.61 Å². The molecular weight excluding hydrogens is 406 g/mol. The molecule has 1 amide bonds. The molecule has 2 atom stereocenters. The molecule has 1 aliphatic carbocycles. The standard InChI is InChI=1S/C30H29NO2/c1-20-13-15-21(16-14-20)22-17-23-7-6-8-24(18-22)31(23)30(32)33-19-29-27-11-4-2-9-25(27)26-10-3-5-12-28(26)29/h2-5,9-17,23-24,29H,6-8,18-19H2,1H3. The summed E-state index contributed by atoms with van der Waals surface area (Å²) in [5.41, 5.74) is 8.95. The number of aryl methyl sites for hydroxylation is 1. The van der Waals surface area contributed by atoms with Crippen LogP contribution in [-0.4, -0.2) is 29.7 Å². The van der Waals surface area contributed by atoms with Gasteiger partial charge in [-0.25, -0.2) is 4.79 Å². The first-order valence-corrected chi connectivity index (χ1v) is 12.1. The van der Waals surface area contributed by atoms with Gasteiger partial charge in [-0.05, 0) is 66.0 Å². The molecule has 0 spiro atoms. The number of benzene rings is 3. The molecule has 166 valence electrons. The van der Waals surface area contributed by atoms with Crippen molar-refractivity contribution in [2.45, 2.75) is 50.6 Å². The number of rotatable bonds is 3. The summed E-state index contributed by atoms with van der Waals surface area (Å²) in [5.74, 6) is 0.102. The predicted molar refractivity (Wildman–Crippen MR) is 132 cm³/mol. The van der Waals surface area contributed by atoms with E-state index in [0.29, 0.717) is 6.61 Å². The molecule has 3 nitrogen and oxygen atoms in total. The Kier molecular flexibility index (Phi) is 5.05. The van der Waals surface area contributed by atoms with Gasteiger partial charge in [0.15, 0.2) is 0 Å². The molecule has 2 aliphatic heterocycles. The van der Waals surface area contributed by atoms with Crippen molar-refractivity contribution in [2.75, 3.05) is 6.61 Å². The highest BCUT2D eigenvalue weighted by Crippen LogP contribution is 2.45. The summed E-state index contributed by atoms with van der Waals surface area (Å²) in [7, 11) is 0. The van der Waals surface area contributed by atoms with Crippen molar-refractivity contribution in [1.82, 2.24) is 4.90 Å². The fraction of sp³-hybridized carbons (Fsp3) is 0.300. The number of carbonyl (C=O) groups excluding carboxylic acids is 1. The van der Waals surface area contributed by atoms with E-state index in [-0.39, 0.29) is 24.1 Å². The Labute approximate surface area is 195 Å². The lowest BCUT2D eigenvalue weighted by Gasteiger charge is -2.44. The smallest absolute Gasteiger partial charge is 0.410 e. The van der Waals surface area contributed by atoms with Crippen molar-refractivity contribution in [1.29, 1.82) is 0 Å². The fourth-order valence-electron chi connectivity index (χ4n) is 5.96. The zero-order valence-electron chi connectivity index (χ0n) is 19.0. The van der Waals surface area contributed by atoms with Crippen molar-refractivity contribution in [3.63, 3.8) is 0 Å². The molecule has 0 radical (unpaired) electrons. The fourth-order valence-corrected chi connectivity index (χ4v) is 5.96. The van der Waals surface area contributed by atoms with Crippen LogP contribution in [0.5, 0.6) is 0 Å². The van der Waals surface area contributed by atoms with E-state index in [9.17, 15) is 4.79 Å². The maximum atomic E-state index is 13.4. The molecule has 6 rings (SSSR count). The van der Waals surface area contributed by atoms with Crippen molar-refractivity contribution in [3.05, 3.63) is 101 Å². The second kappa shape index (κ2) is 8.22. The molecule has 33 heavy (non-hydrogen) atoms. The van der Waals surface area contributed by atoms with Crippen LogP contribution in [0.1, 0.15) is 53.9 Å². The molecule has 3 aromatic rings. The van der Waals surface area contributed by atoms with Gasteiger partial charge in [0.25, 0.3) is 0 Å². The zero-order valence-corrected chi connectivity index (χ0v) is 19.0. The summed E-state index contributed by atoms with van der Waals surface area (Å²) in [6.07, 6.45) is 6.27. The number of carbonyl (C=O) groups is 1. The molecule has 3 aliphatic rings. The van der Waals surface area contributed by atoms with Gasteiger partial charge >= 0.3 is 6.09 Å². The summed E-state index contributed by atoms with van der Waals surface area (Å²) in [6, 6.07) is 26.1. The molecule has 1 fully saturated rings. The summed E-state index contributed by atoms with van der Waals surface area (Å²) < 4.78 is 6.03. The van der Waals surface area contributed by atoms with Gasteiger partial charge in [0, 0.05) is 12.0 Å². The summed E-state index contributed by atoms with van der Waals surface area (Å²) in [4.78, 5) is 15.4. The molecule has 0 aromatic heterocycles. The van der Waals surface area contributed by atoms with Crippen LogP contribution in [0, 0.1) is 6.92 Å². The minimum absolute atomic E-state index is 0.102. The highest BCUT2D eigenvalue weighted by atomic mass is 16.6. The van der Waals surface area contributed by atoms with E-state index in [1.165, 1.54) is 45.4 Å². The number of hydrogen-bond acceptors (Lipinski definition) is 2. The summed E-state index contributed by atoms with van der Waals surface area (Å²) in [5, 5.41) is 0. The quantitative estimate of drug-likeness (QED) is 0.445. The van der Waals surface area contributed by atoms with Gasteiger partial charge < -0.3 is 4.74 Å². The lowest BCUT2D eigenvalue weighted by molar-refractivity contribution is 0.0539. The van der Waals surface area contributed by atoms with Gasteiger partial charge in [-0.2, -0.15) is 0 Å². The highest BCUT2D eigenvalue weighted by Gasteiger charge is 2.39. The minimum atomic E-state index is -0.161. The lowest BCUT2D eigenvalue weighted by Crippen LogP contribution is -2.51. The van der Waals surface area contributed by atoms with Crippen LogP contribution < -0.4 is 0 Å². The first-order chi connectivity index (χ1) is 16.2. The number of fused-ring (bicyclic) bond motifs is 5.